The topological polar surface area (TPSA) is 73.0 Å². The van der Waals surface area contributed by atoms with E-state index < -0.39 is 12.1 Å². The lowest BCUT2D eigenvalue weighted by atomic mass is 10.0. The first-order chi connectivity index (χ1) is 13.9. The van der Waals surface area contributed by atoms with Crippen LogP contribution < -0.4 is 15.1 Å². The highest BCUT2D eigenvalue weighted by Crippen LogP contribution is 2.29. The molecule has 0 aromatic heterocycles. The van der Waals surface area contributed by atoms with Crippen molar-refractivity contribution in [3.8, 4) is 0 Å². The van der Waals surface area contributed by atoms with E-state index in [1.807, 2.05) is 50.2 Å². The summed E-state index contributed by atoms with van der Waals surface area (Å²) < 4.78 is 0. The molecule has 29 heavy (non-hydrogen) atoms. The molecule has 1 N–H and O–H groups in total. The SMILES string of the molecule is Cc1ccc(N2C(=O)NC3CCN(C(=O)c4ccc(N(C)C)cc4)C3C2=O)cc1. The predicted molar refractivity (Wildman–Crippen MR) is 111 cm³/mol. The number of amides is 4. The van der Waals surface area contributed by atoms with Crippen LogP contribution >= 0.6 is 0 Å². The van der Waals surface area contributed by atoms with E-state index in [4.69, 9.17) is 0 Å². The van der Waals surface area contributed by atoms with Gasteiger partial charge in [0.25, 0.3) is 11.8 Å². The van der Waals surface area contributed by atoms with Gasteiger partial charge in [0, 0.05) is 31.9 Å². The molecule has 2 atom stereocenters. The smallest absolute Gasteiger partial charge is 0.329 e. The van der Waals surface area contributed by atoms with Gasteiger partial charge in [-0.1, -0.05) is 17.7 Å². The van der Waals surface area contributed by atoms with Crippen LogP contribution in [0.25, 0.3) is 0 Å². The van der Waals surface area contributed by atoms with Crippen molar-refractivity contribution in [2.45, 2.75) is 25.4 Å². The molecule has 7 heteroatoms. The van der Waals surface area contributed by atoms with Crippen molar-refractivity contribution in [1.82, 2.24) is 10.2 Å². The number of likely N-dealkylation sites (tertiary alicyclic amines) is 1. The molecule has 150 valence electrons. The van der Waals surface area contributed by atoms with Gasteiger partial charge in [0.2, 0.25) is 0 Å². The van der Waals surface area contributed by atoms with Crippen molar-refractivity contribution in [3.05, 3.63) is 59.7 Å². The third kappa shape index (κ3) is 3.33. The van der Waals surface area contributed by atoms with Gasteiger partial charge >= 0.3 is 6.03 Å². The van der Waals surface area contributed by atoms with E-state index in [9.17, 15) is 14.4 Å². The van der Waals surface area contributed by atoms with Crippen molar-refractivity contribution in [3.63, 3.8) is 0 Å². The molecule has 2 heterocycles. The Hall–Kier alpha value is -3.35. The van der Waals surface area contributed by atoms with Crippen LogP contribution in [0.3, 0.4) is 0 Å². The second-order valence-corrected chi connectivity index (χ2v) is 7.74. The molecule has 2 aromatic rings. The minimum atomic E-state index is -0.699. The second kappa shape index (κ2) is 7.24. The van der Waals surface area contributed by atoms with Gasteiger partial charge in [0.05, 0.1) is 11.7 Å². The van der Waals surface area contributed by atoms with Gasteiger partial charge in [-0.15, -0.1) is 0 Å². The van der Waals surface area contributed by atoms with Gasteiger partial charge in [0.15, 0.2) is 0 Å². The van der Waals surface area contributed by atoms with Crippen molar-refractivity contribution in [2.24, 2.45) is 0 Å². The minimum absolute atomic E-state index is 0.198. The molecule has 2 aliphatic rings. The summed E-state index contributed by atoms with van der Waals surface area (Å²) in [4.78, 5) is 43.6. The fraction of sp³-hybridized carbons (Fsp3) is 0.318. The first-order valence-electron chi connectivity index (χ1n) is 9.66. The second-order valence-electron chi connectivity index (χ2n) is 7.74. The normalized spacial score (nSPS) is 21.1. The average Bonchev–Trinajstić information content (AvgIpc) is 3.13. The third-order valence-corrected chi connectivity index (χ3v) is 5.57. The number of fused-ring (bicyclic) bond motifs is 1. The minimum Gasteiger partial charge on any atom is -0.378 e. The number of imide groups is 1. The van der Waals surface area contributed by atoms with Crippen LogP contribution in [-0.4, -0.2) is 55.5 Å². The molecule has 2 aromatic carbocycles. The third-order valence-electron chi connectivity index (χ3n) is 5.57. The summed E-state index contributed by atoms with van der Waals surface area (Å²) in [5.41, 5.74) is 3.07. The number of anilines is 2. The zero-order chi connectivity index (χ0) is 20.7. The molecule has 0 saturated carbocycles. The largest absolute Gasteiger partial charge is 0.378 e. The summed E-state index contributed by atoms with van der Waals surface area (Å²) in [5, 5.41) is 2.90. The summed E-state index contributed by atoms with van der Waals surface area (Å²) >= 11 is 0. The van der Waals surface area contributed by atoms with Gasteiger partial charge in [0.1, 0.15) is 6.04 Å². The highest BCUT2D eigenvalue weighted by molar-refractivity contribution is 6.19. The molecule has 0 aliphatic carbocycles. The summed E-state index contributed by atoms with van der Waals surface area (Å²) in [6.07, 6.45) is 0.561. The lowest BCUT2D eigenvalue weighted by Crippen LogP contribution is -2.65. The van der Waals surface area contributed by atoms with Gasteiger partial charge in [-0.05, 0) is 49.7 Å². The maximum atomic E-state index is 13.3. The van der Waals surface area contributed by atoms with E-state index in [-0.39, 0.29) is 17.9 Å². The van der Waals surface area contributed by atoms with Crippen LogP contribution in [0.2, 0.25) is 0 Å². The van der Waals surface area contributed by atoms with Crippen LogP contribution in [-0.2, 0) is 4.79 Å². The highest BCUT2D eigenvalue weighted by Gasteiger charge is 2.49. The van der Waals surface area contributed by atoms with E-state index in [1.54, 1.807) is 29.2 Å². The van der Waals surface area contributed by atoms with Crippen molar-refractivity contribution in [1.29, 1.82) is 0 Å². The zero-order valence-corrected chi connectivity index (χ0v) is 16.8. The van der Waals surface area contributed by atoms with E-state index >= 15 is 0 Å². The molecule has 4 rings (SSSR count). The number of aryl methyl sites for hydroxylation is 1. The van der Waals surface area contributed by atoms with Crippen LogP contribution in [0.15, 0.2) is 48.5 Å². The predicted octanol–water partition coefficient (Wildman–Crippen LogP) is 2.40. The summed E-state index contributed by atoms with van der Waals surface area (Å²) in [5.74, 6) is -0.561. The highest BCUT2D eigenvalue weighted by atomic mass is 16.2. The Bertz CT molecular complexity index is 953. The average molecular weight is 392 g/mol. The lowest BCUT2D eigenvalue weighted by molar-refractivity contribution is -0.122. The number of carbonyl (C=O) groups is 3. The number of nitrogens with zero attached hydrogens (tertiary/aromatic N) is 3. The molecule has 0 radical (unpaired) electrons. The number of hydrogen-bond acceptors (Lipinski definition) is 4. The number of carbonyl (C=O) groups excluding carboxylic acids is 3. The van der Waals surface area contributed by atoms with E-state index in [0.29, 0.717) is 24.2 Å². The molecule has 4 amide bonds. The first kappa shape index (κ1) is 19.0. The van der Waals surface area contributed by atoms with Crippen molar-refractivity contribution >= 4 is 29.2 Å². The monoisotopic (exact) mass is 392 g/mol. The number of benzene rings is 2. The molecular weight excluding hydrogens is 368 g/mol. The van der Waals surface area contributed by atoms with Gasteiger partial charge in [-0.25, -0.2) is 9.69 Å². The maximum absolute atomic E-state index is 13.3. The Kier molecular flexibility index (Phi) is 4.74. The number of rotatable bonds is 3. The maximum Gasteiger partial charge on any atom is 0.329 e. The molecule has 2 aliphatic heterocycles. The molecular formula is C22H24N4O3. The van der Waals surface area contributed by atoms with E-state index in [1.165, 1.54) is 0 Å². The Morgan fingerprint density at radius 1 is 1.03 bits per heavy atom. The van der Waals surface area contributed by atoms with Crippen LogP contribution in [0.4, 0.5) is 16.2 Å². The first-order valence-corrected chi connectivity index (χ1v) is 9.66. The molecule has 0 spiro atoms. The van der Waals surface area contributed by atoms with E-state index in [0.717, 1.165) is 16.2 Å². The quantitative estimate of drug-likeness (QED) is 0.871. The van der Waals surface area contributed by atoms with Crippen LogP contribution in [0.5, 0.6) is 0 Å². The molecule has 2 fully saturated rings. The fourth-order valence-corrected chi connectivity index (χ4v) is 3.94. The number of nitrogens with one attached hydrogen (secondary N) is 1. The van der Waals surface area contributed by atoms with Crippen LogP contribution in [0, 0.1) is 6.92 Å². The Balaban J connectivity index is 1.60. The van der Waals surface area contributed by atoms with Gasteiger partial charge in [-0.3, -0.25) is 9.59 Å². The number of hydrogen-bond donors (Lipinski definition) is 1. The summed E-state index contributed by atoms with van der Waals surface area (Å²) in [6.45, 7) is 2.37. The van der Waals surface area contributed by atoms with E-state index in [2.05, 4.69) is 5.32 Å². The summed E-state index contributed by atoms with van der Waals surface area (Å²) in [7, 11) is 3.87. The molecule has 0 bridgehead atoms. The van der Waals surface area contributed by atoms with Gasteiger partial charge in [-0.2, -0.15) is 0 Å². The Morgan fingerprint density at radius 3 is 2.31 bits per heavy atom. The Morgan fingerprint density at radius 2 is 1.69 bits per heavy atom. The van der Waals surface area contributed by atoms with Gasteiger partial charge < -0.3 is 15.1 Å². The summed E-state index contributed by atoms with van der Waals surface area (Å²) in [6, 6.07) is 13.0. The fourth-order valence-electron chi connectivity index (χ4n) is 3.94. The van der Waals surface area contributed by atoms with Crippen molar-refractivity contribution < 1.29 is 14.4 Å². The lowest BCUT2D eigenvalue weighted by Gasteiger charge is -2.37. The molecule has 2 unspecified atom stereocenters. The molecule has 7 nitrogen and oxygen atoms in total. The molecule has 2 saturated heterocycles. The van der Waals surface area contributed by atoms with Crippen molar-refractivity contribution in [2.75, 3.05) is 30.4 Å². The Labute approximate surface area is 169 Å². The standard InChI is InChI=1S/C22H24N4O3/c1-14-4-8-17(9-5-14)26-21(28)19-18(23-22(26)29)12-13-25(19)20(27)15-6-10-16(11-7-15)24(2)3/h4-11,18-19H,12-13H2,1-3H3,(H,23,29). The zero-order valence-electron chi connectivity index (χ0n) is 16.8. The van der Waals surface area contributed by atoms with Crippen LogP contribution in [0.1, 0.15) is 22.3 Å². The number of urea groups is 1.